The van der Waals surface area contributed by atoms with Gasteiger partial charge in [0.1, 0.15) is 17.5 Å². The van der Waals surface area contributed by atoms with Crippen LogP contribution in [0.4, 0.5) is 11.6 Å². The van der Waals surface area contributed by atoms with Crippen LogP contribution >= 0.6 is 0 Å². The van der Waals surface area contributed by atoms with E-state index in [9.17, 15) is 0 Å². The van der Waals surface area contributed by atoms with Crippen molar-refractivity contribution in [1.82, 2.24) is 14.9 Å². The van der Waals surface area contributed by atoms with Gasteiger partial charge in [-0.15, -0.1) is 0 Å². The Hall–Kier alpha value is -1.36. The van der Waals surface area contributed by atoms with Gasteiger partial charge in [0, 0.05) is 39.2 Å². The number of hydrogen-bond acceptors (Lipinski definition) is 5. The van der Waals surface area contributed by atoms with Crippen LogP contribution in [0.1, 0.15) is 32.0 Å². The fraction of sp³-hybridized carbons (Fsp3) is 0.733. The monoisotopic (exact) mass is 277 g/mol. The molecule has 1 aromatic rings. The number of likely N-dealkylation sites (tertiary alicyclic amines) is 1. The van der Waals surface area contributed by atoms with E-state index in [1.807, 2.05) is 13.1 Å². The number of anilines is 2. The van der Waals surface area contributed by atoms with Crippen molar-refractivity contribution in [3.63, 3.8) is 0 Å². The molecule has 0 aromatic carbocycles. The van der Waals surface area contributed by atoms with Crippen LogP contribution in [0.25, 0.3) is 0 Å². The lowest BCUT2D eigenvalue weighted by Crippen LogP contribution is -2.37. The molecular weight excluding hydrogens is 250 g/mol. The normalized spacial score (nSPS) is 19.3. The molecule has 1 fully saturated rings. The molecule has 1 unspecified atom stereocenters. The minimum absolute atomic E-state index is 0.641. The first-order valence-corrected chi connectivity index (χ1v) is 7.61. The molecule has 0 saturated carbocycles. The molecule has 0 amide bonds. The molecule has 2 rings (SSSR count). The molecule has 5 heteroatoms. The van der Waals surface area contributed by atoms with Crippen molar-refractivity contribution in [1.29, 1.82) is 0 Å². The third-order valence-electron chi connectivity index (χ3n) is 4.04. The third-order valence-corrected chi connectivity index (χ3v) is 4.04. The van der Waals surface area contributed by atoms with Crippen LogP contribution in [0, 0.1) is 0 Å². The van der Waals surface area contributed by atoms with Gasteiger partial charge in [-0.25, -0.2) is 9.97 Å². The minimum Gasteiger partial charge on any atom is -0.373 e. The predicted molar refractivity (Wildman–Crippen MR) is 84.5 cm³/mol. The standard InChI is InChI=1S/C15H27N5/c1-5-7-13-17-14(16-2)10-15(18-13)20(4)11-12-8-6-9-19(12)3/h10,12H,5-9,11H2,1-4H3,(H,16,17,18). The molecule has 1 saturated heterocycles. The largest absolute Gasteiger partial charge is 0.373 e. The summed E-state index contributed by atoms with van der Waals surface area (Å²) in [5.74, 6) is 2.86. The molecule has 1 N–H and O–H groups in total. The Balaban J connectivity index is 2.11. The maximum Gasteiger partial charge on any atom is 0.134 e. The second-order valence-electron chi connectivity index (χ2n) is 5.68. The van der Waals surface area contributed by atoms with Crippen molar-refractivity contribution in [3.05, 3.63) is 11.9 Å². The van der Waals surface area contributed by atoms with Crippen molar-refractivity contribution >= 4 is 11.6 Å². The fourth-order valence-corrected chi connectivity index (χ4v) is 2.76. The molecule has 0 bridgehead atoms. The van der Waals surface area contributed by atoms with Gasteiger partial charge in [0.15, 0.2) is 0 Å². The zero-order valence-corrected chi connectivity index (χ0v) is 13.2. The van der Waals surface area contributed by atoms with E-state index in [4.69, 9.17) is 4.98 Å². The first kappa shape index (κ1) is 15.0. The first-order valence-electron chi connectivity index (χ1n) is 7.61. The van der Waals surface area contributed by atoms with Gasteiger partial charge < -0.3 is 15.1 Å². The second-order valence-corrected chi connectivity index (χ2v) is 5.68. The van der Waals surface area contributed by atoms with Crippen LogP contribution < -0.4 is 10.2 Å². The van der Waals surface area contributed by atoms with Gasteiger partial charge in [-0.05, 0) is 32.9 Å². The molecule has 1 atom stereocenters. The zero-order valence-electron chi connectivity index (χ0n) is 13.2. The topological polar surface area (TPSA) is 44.3 Å². The number of aryl methyl sites for hydroxylation is 1. The van der Waals surface area contributed by atoms with E-state index >= 15 is 0 Å². The van der Waals surface area contributed by atoms with E-state index in [0.29, 0.717) is 6.04 Å². The molecule has 5 nitrogen and oxygen atoms in total. The average molecular weight is 277 g/mol. The number of nitrogens with zero attached hydrogens (tertiary/aromatic N) is 4. The number of nitrogens with one attached hydrogen (secondary N) is 1. The molecule has 112 valence electrons. The summed E-state index contributed by atoms with van der Waals surface area (Å²) in [4.78, 5) is 13.9. The summed E-state index contributed by atoms with van der Waals surface area (Å²) in [6.07, 6.45) is 4.59. The minimum atomic E-state index is 0.641. The van der Waals surface area contributed by atoms with Gasteiger partial charge in [0.25, 0.3) is 0 Å². The molecule has 20 heavy (non-hydrogen) atoms. The molecule has 0 radical (unpaired) electrons. The smallest absolute Gasteiger partial charge is 0.134 e. The first-order chi connectivity index (χ1) is 9.63. The Kier molecular flexibility index (Phi) is 5.17. The van der Waals surface area contributed by atoms with Gasteiger partial charge in [0.2, 0.25) is 0 Å². The Morgan fingerprint density at radius 1 is 1.45 bits per heavy atom. The van der Waals surface area contributed by atoms with Crippen LogP contribution in [0.15, 0.2) is 6.07 Å². The van der Waals surface area contributed by atoms with Gasteiger partial charge in [-0.3, -0.25) is 0 Å². The summed E-state index contributed by atoms with van der Waals surface area (Å²) in [5, 5.41) is 3.14. The quantitative estimate of drug-likeness (QED) is 0.861. The highest BCUT2D eigenvalue weighted by Gasteiger charge is 2.22. The Bertz CT molecular complexity index is 434. The number of aromatic nitrogens is 2. The van der Waals surface area contributed by atoms with Gasteiger partial charge >= 0.3 is 0 Å². The van der Waals surface area contributed by atoms with Crippen LogP contribution in [0.5, 0.6) is 0 Å². The van der Waals surface area contributed by atoms with Crippen LogP contribution in [0.2, 0.25) is 0 Å². The number of rotatable bonds is 6. The second kappa shape index (κ2) is 6.88. The van der Waals surface area contributed by atoms with E-state index < -0.39 is 0 Å². The van der Waals surface area contributed by atoms with Crippen molar-refractivity contribution < 1.29 is 0 Å². The summed E-state index contributed by atoms with van der Waals surface area (Å²) in [5.41, 5.74) is 0. The third kappa shape index (κ3) is 3.60. The maximum atomic E-state index is 4.69. The summed E-state index contributed by atoms with van der Waals surface area (Å²) in [6.45, 7) is 4.40. The lowest BCUT2D eigenvalue weighted by atomic mass is 10.2. The fourth-order valence-electron chi connectivity index (χ4n) is 2.76. The maximum absolute atomic E-state index is 4.69. The highest BCUT2D eigenvalue weighted by Crippen LogP contribution is 2.20. The molecule has 1 aliphatic heterocycles. The molecule has 1 aromatic heterocycles. The molecule has 0 spiro atoms. The van der Waals surface area contributed by atoms with E-state index in [1.165, 1.54) is 19.4 Å². The highest BCUT2D eigenvalue weighted by atomic mass is 15.2. The number of hydrogen-bond donors (Lipinski definition) is 1. The van der Waals surface area contributed by atoms with E-state index in [-0.39, 0.29) is 0 Å². The van der Waals surface area contributed by atoms with Crippen LogP contribution in [0.3, 0.4) is 0 Å². The molecular formula is C15H27N5. The Labute approximate surface area is 122 Å². The van der Waals surface area contributed by atoms with E-state index in [2.05, 4.69) is 41.1 Å². The predicted octanol–water partition coefficient (Wildman–Crippen LogP) is 2.00. The summed E-state index contributed by atoms with van der Waals surface area (Å²) < 4.78 is 0. The van der Waals surface area contributed by atoms with Crippen molar-refractivity contribution in [2.45, 2.75) is 38.6 Å². The van der Waals surface area contributed by atoms with Crippen molar-refractivity contribution in [3.8, 4) is 0 Å². The Morgan fingerprint density at radius 2 is 2.25 bits per heavy atom. The van der Waals surface area contributed by atoms with Gasteiger partial charge in [0.05, 0.1) is 0 Å². The summed E-state index contributed by atoms with van der Waals surface area (Å²) in [7, 11) is 6.25. The van der Waals surface area contributed by atoms with Crippen LogP contribution in [-0.4, -0.2) is 55.1 Å². The zero-order chi connectivity index (χ0) is 14.5. The lowest BCUT2D eigenvalue weighted by molar-refractivity contribution is 0.314. The number of likely N-dealkylation sites (N-methyl/N-ethyl adjacent to an activating group) is 2. The van der Waals surface area contributed by atoms with Crippen LogP contribution in [-0.2, 0) is 6.42 Å². The van der Waals surface area contributed by atoms with Gasteiger partial charge in [-0.1, -0.05) is 6.92 Å². The van der Waals surface area contributed by atoms with Crippen molar-refractivity contribution in [2.24, 2.45) is 0 Å². The summed E-state index contributed by atoms with van der Waals surface area (Å²) in [6, 6.07) is 2.68. The summed E-state index contributed by atoms with van der Waals surface area (Å²) >= 11 is 0. The lowest BCUT2D eigenvalue weighted by Gasteiger charge is -2.27. The SMILES string of the molecule is CCCc1nc(NC)cc(N(C)CC2CCCN2C)n1. The Morgan fingerprint density at radius 3 is 2.85 bits per heavy atom. The molecule has 1 aliphatic rings. The van der Waals surface area contributed by atoms with Crippen molar-refractivity contribution in [2.75, 3.05) is 44.4 Å². The van der Waals surface area contributed by atoms with E-state index in [0.717, 1.165) is 36.8 Å². The average Bonchev–Trinajstić information content (AvgIpc) is 2.84. The van der Waals surface area contributed by atoms with Gasteiger partial charge in [-0.2, -0.15) is 0 Å². The highest BCUT2D eigenvalue weighted by molar-refractivity contribution is 5.48. The molecule has 0 aliphatic carbocycles. The molecule has 2 heterocycles. The van der Waals surface area contributed by atoms with E-state index in [1.54, 1.807) is 0 Å².